The number of aryl methyl sites for hydroxylation is 1. The molecule has 0 heterocycles. The largest absolute Gasteiger partial charge is 0.480 e. The third-order valence-corrected chi connectivity index (χ3v) is 6.44. The minimum Gasteiger partial charge on any atom is -0.480 e. The Morgan fingerprint density at radius 2 is 2.04 bits per heavy atom. The van der Waals surface area contributed by atoms with Gasteiger partial charge >= 0.3 is 5.97 Å². The molecule has 3 rings (SSSR count). The third-order valence-electron chi connectivity index (χ3n) is 5.06. The number of carboxylic acid groups (broad SMARTS) is 1. The molecule has 26 heavy (non-hydrogen) atoms. The number of hydrogen-bond acceptors (Lipinski definition) is 4. The summed E-state index contributed by atoms with van der Waals surface area (Å²) in [5, 5.41) is 9.06. The molecule has 2 saturated carbocycles. The fourth-order valence-corrected chi connectivity index (χ4v) is 4.83. The number of hydrogen-bond donors (Lipinski definition) is 2. The third kappa shape index (κ3) is 5.25. The summed E-state index contributed by atoms with van der Waals surface area (Å²) < 4.78 is 41.1. The van der Waals surface area contributed by atoms with E-state index in [2.05, 4.69) is 4.72 Å². The Balaban J connectivity index is 1.52. The summed E-state index contributed by atoms with van der Waals surface area (Å²) in [6.45, 7) is 2.51. The van der Waals surface area contributed by atoms with Crippen LogP contribution < -0.4 is 4.72 Å². The zero-order valence-electron chi connectivity index (χ0n) is 14.8. The fraction of sp³-hybridized carbons (Fsp3) is 0.611. The van der Waals surface area contributed by atoms with E-state index in [-0.39, 0.29) is 29.9 Å². The number of carbonyl (C=O) groups is 1. The van der Waals surface area contributed by atoms with Gasteiger partial charge < -0.3 is 5.11 Å². The molecule has 0 spiro atoms. The molecule has 0 aromatic heterocycles. The van der Waals surface area contributed by atoms with Crippen molar-refractivity contribution in [2.45, 2.75) is 50.4 Å². The van der Waals surface area contributed by atoms with Crippen LogP contribution >= 0.6 is 0 Å². The number of aliphatic carboxylic acids is 1. The molecule has 8 heteroatoms. The molecular formula is C18H25FN2O4S. The van der Waals surface area contributed by atoms with Gasteiger partial charge in [-0.2, -0.15) is 0 Å². The molecule has 2 aliphatic carbocycles. The first-order valence-electron chi connectivity index (χ1n) is 8.93. The van der Waals surface area contributed by atoms with Gasteiger partial charge in [0.2, 0.25) is 10.0 Å². The van der Waals surface area contributed by atoms with Crippen molar-refractivity contribution < 1.29 is 22.7 Å². The van der Waals surface area contributed by atoms with E-state index in [1.807, 2.05) is 4.90 Å². The number of nitrogens with zero attached hydrogens (tertiary/aromatic N) is 1. The van der Waals surface area contributed by atoms with Crippen molar-refractivity contribution in [3.05, 3.63) is 35.1 Å². The second-order valence-corrected chi connectivity index (χ2v) is 9.31. The van der Waals surface area contributed by atoms with Gasteiger partial charge in [0.1, 0.15) is 5.82 Å². The summed E-state index contributed by atoms with van der Waals surface area (Å²) in [5.74, 6) is -1.18. The molecule has 2 fully saturated rings. The SMILES string of the molecule is Cc1ccc(CS(=O)(=O)NC2CC(N(CC(=O)O)CC3CC3)C2)c(F)c1. The Hall–Kier alpha value is -1.51. The summed E-state index contributed by atoms with van der Waals surface area (Å²) in [6.07, 6.45) is 3.47. The average Bonchev–Trinajstić information content (AvgIpc) is 3.28. The minimum atomic E-state index is -3.64. The normalized spacial score (nSPS) is 23.0. The predicted octanol–water partition coefficient (Wildman–Crippen LogP) is 1.88. The highest BCUT2D eigenvalue weighted by Gasteiger charge is 2.38. The van der Waals surface area contributed by atoms with Crippen LogP contribution in [0.5, 0.6) is 0 Å². The molecule has 144 valence electrons. The Labute approximate surface area is 153 Å². The quantitative estimate of drug-likeness (QED) is 0.679. The summed E-state index contributed by atoms with van der Waals surface area (Å²) in [7, 11) is -3.64. The van der Waals surface area contributed by atoms with Gasteiger partial charge in [0.05, 0.1) is 12.3 Å². The highest BCUT2D eigenvalue weighted by molar-refractivity contribution is 7.88. The first-order chi connectivity index (χ1) is 12.2. The number of nitrogens with one attached hydrogen (secondary N) is 1. The lowest BCUT2D eigenvalue weighted by molar-refractivity contribution is -0.139. The van der Waals surface area contributed by atoms with Crippen molar-refractivity contribution in [1.29, 1.82) is 0 Å². The second kappa shape index (κ2) is 7.62. The monoisotopic (exact) mass is 384 g/mol. The zero-order chi connectivity index (χ0) is 18.9. The van der Waals surface area contributed by atoms with Crippen LogP contribution in [0.4, 0.5) is 4.39 Å². The molecule has 0 amide bonds. The fourth-order valence-electron chi connectivity index (χ4n) is 3.40. The maximum Gasteiger partial charge on any atom is 0.317 e. The Morgan fingerprint density at radius 1 is 1.35 bits per heavy atom. The number of benzene rings is 1. The predicted molar refractivity (Wildman–Crippen MR) is 95.6 cm³/mol. The van der Waals surface area contributed by atoms with Crippen LogP contribution in [0.25, 0.3) is 0 Å². The van der Waals surface area contributed by atoms with E-state index in [1.54, 1.807) is 13.0 Å². The summed E-state index contributed by atoms with van der Waals surface area (Å²) in [6, 6.07) is 4.39. The van der Waals surface area contributed by atoms with Gasteiger partial charge in [-0.1, -0.05) is 12.1 Å². The highest BCUT2D eigenvalue weighted by atomic mass is 32.2. The molecular weight excluding hydrogens is 359 g/mol. The van der Waals surface area contributed by atoms with Crippen molar-refractivity contribution >= 4 is 16.0 Å². The van der Waals surface area contributed by atoms with Gasteiger partial charge in [-0.25, -0.2) is 17.5 Å². The van der Waals surface area contributed by atoms with Crippen molar-refractivity contribution in [2.75, 3.05) is 13.1 Å². The van der Waals surface area contributed by atoms with E-state index >= 15 is 0 Å². The van der Waals surface area contributed by atoms with Gasteiger partial charge in [0, 0.05) is 24.2 Å². The molecule has 6 nitrogen and oxygen atoms in total. The lowest BCUT2D eigenvalue weighted by Crippen LogP contribution is -2.55. The van der Waals surface area contributed by atoms with E-state index in [0.717, 1.165) is 24.9 Å². The minimum absolute atomic E-state index is 0.00475. The van der Waals surface area contributed by atoms with Crippen LogP contribution in [-0.4, -0.2) is 49.6 Å². The smallest absolute Gasteiger partial charge is 0.317 e. The van der Waals surface area contributed by atoms with Gasteiger partial charge in [-0.3, -0.25) is 9.69 Å². The van der Waals surface area contributed by atoms with Gasteiger partial charge in [0.15, 0.2) is 0 Å². The number of halogens is 1. The number of carboxylic acids is 1. The van der Waals surface area contributed by atoms with Crippen LogP contribution in [0.2, 0.25) is 0 Å². The summed E-state index contributed by atoms with van der Waals surface area (Å²) >= 11 is 0. The molecule has 0 unspecified atom stereocenters. The lowest BCUT2D eigenvalue weighted by atomic mass is 9.86. The number of rotatable bonds is 9. The Morgan fingerprint density at radius 3 is 2.62 bits per heavy atom. The van der Waals surface area contributed by atoms with Crippen LogP contribution in [0.1, 0.15) is 36.8 Å². The molecule has 1 aromatic carbocycles. The van der Waals surface area contributed by atoms with Gasteiger partial charge in [0.25, 0.3) is 0 Å². The molecule has 0 atom stereocenters. The van der Waals surface area contributed by atoms with Crippen LogP contribution in [0, 0.1) is 18.7 Å². The van der Waals surface area contributed by atoms with Gasteiger partial charge in [-0.15, -0.1) is 0 Å². The van der Waals surface area contributed by atoms with Crippen molar-refractivity contribution in [2.24, 2.45) is 5.92 Å². The van der Waals surface area contributed by atoms with E-state index < -0.39 is 21.8 Å². The molecule has 0 saturated heterocycles. The molecule has 2 aliphatic rings. The van der Waals surface area contributed by atoms with Gasteiger partial charge in [-0.05, 0) is 50.2 Å². The van der Waals surface area contributed by atoms with E-state index in [0.29, 0.717) is 18.8 Å². The Bertz CT molecular complexity index is 773. The number of sulfonamides is 1. The van der Waals surface area contributed by atoms with Crippen LogP contribution in [-0.2, 0) is 20.6 Å². The second-order valence-electron chi connectivity index (χ2n) is 7.56. The van der Waals surface area contributed by atoms with Crippen molar-refractivity contribution in [1.82, 2.24) is 9.62 Å². The summed E-state index contributed by atoms with van der Waals surface area (Å²) in [5.41, 5.74) is 0.896. The van der Waals surface area contributed by atoms with E-state index in [4.69, 9.17) is 5.11 Å². The van der Waals surface area contributed by atoms with Crippen molar-refractivity contribution in [3.8, 4) is 0 Å². The first kappa shape index (κ1) is 19.3. The molecule has 0 bridgehead atoms. The summed E-state index contributed by atoms with van der Waals surface area (Å²) in [4.78, 5) is 13.0. The van der Waals surface area contributed by atoms with Crippen LogP contribution in [0.3, 0.4) is 0 Å². The molecule has 0 radical (unpaired) electrons. The maximum absolute atomic E-state index is 13.9. The van der Waals surface area contributed by atoms with Crippen LogP contribution in [0.15, 0.2) is 18.2 Å². The lowest BCUT2D eigenvalue weighted by Gasteiger charge is -2.42. The average molecular weight is 384 g/mol. The Kier molecular flexibility index (Phi) is 5.64. The molecule has 1 aromatic rings. The van der Waals surface area contributed by atoms with E-state index in [9.17, 15) is 17.6 Å². The first-order valence-corrected chi connectivity index (χ1v) is 10.6. The molecule has 2 N–H and O–H groups in total. The topological polar surface area (TPSA) is 86.7 Å². The highest BCUT2D eigenvalue weighted by Crippen LogP contribution is 2.34. The van der Waals surface area contributed by atoms with Crippen molar-refractivity contribution in [3.63, 3.8) is 0 Å². The standard InChI is InChI=1S/C18H25FN2O4S/c1-12-2-5-14(17(19)6-12)11-26(24,25)20-15-7-16(8-15)21(10-18(22)23)9-13-3-4-13/h2,5-6,13,15-16,20H,3-4,7-11H2,1H3,(H,22,23). The van der Waals surface area contributed by atoms with E-state index in [1.165, 1.54) is 12.1 Å². The zero-order valence-corrected chi connectivity index (χ0v) is 15.6. The maximum atomic E-state index is 13.9. The molecule has 0 aliphatic heterocycles.